The number of fused-ring (bicyclic) bond motifs is 1. The van der Waals surface area contributed by atoms with Crippen molar-refractivity contribution in [3.8, 4) is 0 Å². The van der Waals surface area contributed by atoms with Crippen LogP contribution < -0.4 is 5.73 Å². The number of ether oxygens (including phenoxy) is 1. The molecule has 102 valence electrons. The molecule has 0 radical (unpaired) electrons. The van der Waals surface area contributed by atoms with Crippen molar-refractivity contribution in [1.29, 1.82) is 0 Å². The van der Waals surface area contributed by atoms with Gasteiger partial charge >= 0.3 is 0 Å². The SMILES string of the molecule is N[C@@H]1CCC[C@H]1CC(=O)N1CCOC2CCCC21. The lowest BCUT2D eigenvalue weighted by Crippen LogP contribution is -2.51. The summed E-state index contributed by atoms with van der Waals surface area (Å²) >= 11 is 0. The summed E-state index contributed by atoms with van der Waals surface area (Å²) in [5.74, 6) is 0.734. The average molecular weight is 252 g/mol. The molecule has 4 heteroatoms. The molecule has 18 heavy (non-hydrogen) atoms. The molecule has 3 aliphatic rings. The molecule has 1 amide bonds. The van der Waals surface area contributed by atoms with Crippen LogP contribution in [0.2, 0.25) is 0 Å². The molecular weight excluding hydrogens is 228 g/mol. The second-order valence-electron chi connectivity index (χ2n) is 6.05. The molecule has 2 N–H and O–H groups in total. The van der Waals surface area contributed by atoms with E-state index in [2.05, 4.69) is 4.90 Å². The lowest BCUT2D eigenvalue weighted by Gasteiger charge is -2.38. The van der Waals surface area contributed by atoms with Crippen LogP contribution in [0.5, 0.6) is 0 Å². The maximum Gasteiger partial charge on any atom is 0.223 e. The number of carbonyl (C=O) groups is 1. The third kappa shape index (κ3) is 2.28. The fourth-order valence-electron chi connectivity index (χ4n) is 3.90. The molecule has 4 nitrogen and oxygen atoms in total. The van der Waals surface area contributed by atoms with E-state index in [-0.39, 0.29) is 6.04 Å². The van der Waals surface area contributed by atoms with Crippen LogP contribution in [0.15, 0.2) is 0 Å². The van der Waals surface area contributed by atoms with E-state index in [1.807, 2.05) is 0 Å². The summed E-state index contributed by atoms with van der Waals surface area (Å²) in [5, 5.41) is 0. The number of amides is 1. The Morgan fingerprint density at radius 3 is 2.83 bits per heavy atom. The topological polar surface area (TPSA) is 55.6 Å². The largest absolute Gasteiger partial charge is 0.374 e. The Balaban J connectivity index is 1.61. The van der Waals surface area contributed by atoms with Gasteiger partial charge in [-0.1, -0.05) is 6.42 Å². The minimum Gasteiger partial charge on any atom is -0.374 e. The highest BCUT2D eigenvalue weighted by Crippen LogP contribution is 2.32. The predicted octanol–water partition coefficient (Wildman–Crippen LogP) is 1.28. The van der Waals surface area contributed by atoms with E-state index in [0.29, 0.717) is 37.0 Å². The number of hydrogen-bond donors (Lipinski definition) is 1. The predicted molar refractivity (Wildman–Crippen MR) is 69.0 cm³/mol. The first kappa shape index (κ1) is 12.4. The Kier molecular flexibility index (Phi) is 3.57. The van der Waals surface area contributed by atoms with Gasteiger partial charge in [-0.05, 0) is 38.0 Å². The van der Waals surface area contributed by atoms with Gasteiger partial charge in [0.15, 0.2) is 0 Å². The van der Waals surface area contributed by atoms with Gasteiger partial charge in [-0.25, -0.2) is 0 Å². The van der Waals surface area contributed by atoms with Crippen molar-refractivity contribution >= 4 is 5.91 Å². The molecule has 2 aliphatic carbocycles. The molecule has 1 heterocycles. The van der Waals surface area contributed by atoms with Crippen molar-refractivity contribution in [3.05, 3.63) is 0 Å². The van der Waals surface area contributed by atoms with Crippen molar-refractivity contribution in [2.24, 2.45) is 11.7 Å². The summed E-state index contributed by atoms with van der Waals surface area (Å²) in [4.78, 5) is 14.5. The Morgan fingerprint density at radius 2 is 2.06 bits per heavy atom. The zero-order valence-electron chi connectivity index (χ0n) is 11.0. The number of nitrogens with zero attached hydrogens (tertiary/aromatic N) is 1. The summed E-state index contributed by atoms with van der Waals surface area (Å²) in [6, 6.07) is 0.596. The van der Waals surface area contributed by atoms with Crippen LogP contribution in [0.1, 0.15) is 44.9 Å². The maximum atomic E-state index is 12.5. The number of carbonyl (C=O) groups excluding carboxylic acids is 1. The fourth-order valence-corrected chi connectivity index (χ4v) is 3.90. The Labute approximate surface area is 109 Å². The van der Waals surface area contributed by atoms with Crippen molar-refractivity contribution < 1.29 is 9.53 Å². The number of nitrogens with two attached hydrogens (primary N) is 1. The van der Waals surface area contributed by atoms with E-state index in [1.165, 1.54) is 12.8 Å². The van der Waals surface area contributed by atoms with Gasteiger partial charge in [0.25, 0.3) is 0 Å². The van der Waals surface area contributed by atoms with Crippen LogP contribution in [0, 0.1) is 5.92 Å². The smallest absolute Gasteiger partial charge is 0.223 e. The van der Waals surface area contributed by atoms with Crippen LogP contribution >= 0.6 is 0 Å². The minimum absolute atomic E-state index is 0.245. The van der Waals surface area contributed by atoms with E-state index in [1.54, 1.807) is 0 Å². The molecular formula is C14H24N2O2. The van der Waals surface area contributed by atoms with Crippen molar-refractivity contribution in [2.75, 3.05) is 13.2 Å². The molecule has 2 unspecified atom stereocenters. The van der Waals surface area contributed by atoms with Crippen LogP contribution in [0.25, 0.3) is 0 Å². The molecule has 3 rings (SSSR count). The molecule has 0 aromatic rings. The first-order valence-corrected chi connectivity index (χ1v) is 7.42. The van der Waals surface area contributed by atoms with Crippen LogP contribution in [0.4, 0.5) is 0 Å². The van der Waals surface area contributed by atoms with Crippen molar-refractivity contribution in [2.45, 2.75) is 63.1 Å². The molecule has 1 saturated heterocycles. The van der Waals surface area contributed by atoms with E-state index >= 15 is 0 Å². The second kappa shape index (κ2) is 5.17. The van der Waals surface area contributed by atoms with Crippen LogP contribution in [-0.2, 0) is 9.53 Å². The summed E-state index contributed by atoms with van der Waals surface area (Å²) in [6.45, 7) is 1.49. The molecule has 2 saturated carbocycles. The lowest BCUT2D eigenvalue weighted by atomic mass is 9.98. The summed E-state index contributed by atoms with van der Waals surface area (Å²) in [7, 11) is 0. The molecule has 1 aliphatic heterocycles. The lowest BCUT2D eigenvalue weighted by molar-refractivity contribution is -0.145. The number of rotatable bonds is 2. The minimum atomic E-state index is 0.245. The highest BCUT2D eigenvalue weighted by molar-refractivity contribution is 5.77. The molecule has 3 fully saturated rings. The van der Waals surface area contributed by atoms with Gasteiger partial charge in [-0.2, -0.15) is 0 Å². The van der Waals surface area contributed by atoms with Crippen molar-refractivity contribution in [3.63, 3.8) is 0 Å². The molecule has 0 aromatic carbocycles. The summed E-state index contributed by atoms with van der Waals surface area (Å²) < 4.78 is 5.75. The molecule has 0 aromatic heterocycles. The monoisotopic (exact) mass is 252 g/mol. The zero-order valence-corrected chi connectivity index (χ0v) is 11.0. The van der Waals surface area contributed by atoms with Gasteiger partial charge in [0.05, 0.1) is 18.8 Å². The second-order valence-corrected chi connectivity index (χ2v) is 6.05. The van der Waals surface area contributed by atoms with Gasteiger partial charge in [-0.3, -0.25) is 4.79 Å². The van der Waals surface area contributed by atoms with E-state index < -0.39 is 0 Å². The Hall–Kier alpha value is -0.610. The Bertz CT molecular complexity index is 321. The first-order valence-electron chi connectivity index (χ1n) is 7.42. The van der Waals surface area contributed by atoms with Gasteiger partial charge in [0.1, 0.15) is 0 Å². The third-order valence-corrected chi connectivity index (χ3v) is 4.96. The highest BCUT2D eigenvalue weighted by Gasteiger charge is 2.39. The van der Waals surface area contributed by atoms with Gasteiger partial charge in [0, 0.05) is 19.0 Å². The third-order valence-electron chi connectivity index (χ3n) is 4.96. The van der Waals surface area contributed by atoms with E-state index in [0.717, 1.165) is 32.2 Å². The van der Waals surface area contributed by atoms with Crippen LogP contribution in [0.3, 0.4) is 0 Å². The van der Waals surface area contributed by atoms with Gasteiger partial charge in [-0.15, -0.1) is 0 Å². The fraction of sp³-hybridized carbons (Fsp3) is 0.929. The van der Waals surface area contributed by atoms with Crippen molar-refractivity contribution in [1.82, 2.24) is 4.90 Å². The quantitative estimate of drug-likeness (QED) is 0.805. The van der Waals surface area contributed by atoms with E-state index in [9.17, 15) is 4.79 Å². The van der Waals surface area contributed by atoms with Gasteiger partial charge < -0.3 is 15.4 Å². The first-order chi connectivity index (χ1) is 8.75. The molecule has 0 bridgehead atoms. The normalized spacial score (nSPS) is 39.9. The number of morpholine rings is 1. The highest BCUT2D eigenvalue weighted by atomic mass is 16.5. The van der Waals surface area contributed by atoms with Crippen LogP contribution in [-0.4, -0.2) is 42.1 Å². The average Bonchev–Trinajstić information content (AvgIpc) is 2.98. The number of hydrogen-bond acceptors (Lipinski definition) is 3. The summed E-state index contributed by atoms with van der Waals surface area (Å²) in [5.41, 5.74) is 6.07. The Morgan fingerprint density at radius 1 is 1.22 bits per heavy atom. The molecule has 0 spiro atoms. The molecule has 4 atom stereocenters. The maximum absolute atomic E-state index is 12.5. The van der Waals surface area contributed by atoms with E-state index in [4.69, 9.17) is 10.5 Å². The summed E-state index contributed by atoms with van der Waals surface area (Å²) in [6.07, 6.45) is 7.81. The zero-order chi connectivity index (χ0) is 12.5. The standard InChI is InChI=1S/C14H24N2O2/c15-11-4-1-3-10(11)9-14(17)16-7-8-18-13-6-2-5-12(13)16/h10-13H,1-9,15H2/t10-,11+,12?,13?/m0/s1. The van der Waals surface area contributed by atoms with Gasteiger partial charge in [0.2, 0.25) is 5.91 Å².